The molecule has 1 aliphatic heterocycles. The third kappa shape index (κ3) is 2.05. The summed E-state index contributed by atoms with van der Waals surface area (Å²) in [5, 5.41) is 15.1. The smallest absolute Gasteiger partial charge is 0.374 e. The zero-order valence-corrected chi connectivity index (χ0v) is 8.35. The maximum Gasteiger partial charge on any atom is 0.445 e. The van der Waals surface area contributed by atoms with E-state index in [-0.39, 0.29) is 5.13 Å². The molecule has 2 heterocycles. The quantitative estimate of drug-likeness (QED) is 0.806. The second kappa shape index (κ2) is 3.60. The van der Waals surface area contributed by atoms with Gasteiger partial charge in [-0.2, -0.15) is 13.2 Å². The summed E-state index contributed by atoms with van der Waals surface area (Å²) in [4.78, 5) is 1.44. The van der Waals surface area contributed by atoms with E-state index in [4.69, 9.17) is 0 Å². The summed E-state index contributed by atoms with van der Waals surface area (Å²) in [6, 6.07) is 0. The molecule has 8 heteroatoms. The van der Waals surface area contributed by atoms with Gasteiger partial charge in [-0.3, -0.25) is 0 Å². The van der Waals surface area contributed by atoms with Crippen LogP contribution in [0, 0.1) is 0 Å². The molecule has 1 fully saturated rings. The van der Waals surface area contributed by atoms with Crippen molar-refractivity contribution >= 4 is 16.5 Å². The van der Waals surface area contributed by atoms with Crippen molar-refractivity contribution in [2.45, 2.75) is 25.2 Å². The van der Waals surface area contributed by atoms with Crippen molar-refractivity contribution in [1.82, 2.24) is 10.2 Å². The van der Waals surface area contributed by atoms with Crippen LogP contribution in [0.5, 0.6) is 0 Å². The first kappa shape index (κ1) is 10.6. The average Bonchev–Trinajstić information content (AvgIpc) is 2.69. The van der Waals surface area contributed by atoms with Gasteiger partial charge in [0, 0.05) is 6.54 Å². The van der Waals surface area contributed by atoms with E-state index in [1.807, 2.05) is 0 Å². The Morgan fingerprint density at radius 3 is 2.60 bits per heavy atom. The fourth-order valence-electron chi connectivity index (χ4n) is 1.42. The van der Waals surface area contributed by atoms with Gasteiger partial charge in [-0.25, -0.2) is 0 Å². The summed E-state index contributed by atoms with van der Waals surface area (Å²) in [5.74, 6) is 0. The van der Waals surface area contributed by atoms with Crippen molar-refractivity contribution in [3.63, 3.8) is 0 Å². The van der Waals surface area contributed by atoms with Crippen LogP contribution in [0.1, 0.15) is 17.8 Å². The predicted octanol–water partition coefficient (Wildman–Crippen LogP) is 1.48. The molecule has 0 amide bonds. The SMILES string of the molecule is OC1CCCN1c1nnc(C(F)(F)F)s1. The highest BCUT2D eigenvalue weighted by Gasteiger charge is 2.37. The maximum absolute atomic E-state index is 12.2. The van der Waals surface area contributed by atoms with Gasteiger partial charge in [0.05, 0.1) is 0 Å². The lowest BCUT2D eigenvalue weighted by molar-refractivity contribution is -0.138. The van der Waals surface area contributed by atoms with Gasteiger partial charge in [0.1, 0.15) is 6.23 Å². The number of halogens is 3. The second-order valence-electron chi connectivity index (χ2n) is 3.20. The van der Waals surface area contributed by atoms with Gasteiger partial charge in [0.25, 0.3) is 0 Å². The van der Waals surface area contributed by atoms with Crippen molar-refractivity contribution in [2.24, 2.45) is 0 Å². The van der Waals surface area contributed by atoms with E-state index < -0.39 is 17.4 Å². The van der Waals surface area contributed by atoms with E-state index in [9.17, 15) is 18.3 Å². The number of anilines is 1. The zero-order chi connectivity index (χ0) is 11.1. The van der Waals surface area contributed by atoms with E-state index in [0.29, 0.717) is 24.3 Å². The lowest BCUT2D eigenvalue weighted by atomic mass is 10.4. The van der Waals surface area contributed by atoms with Crippen LogP contribution in [0.4, 0.5) is 18.3 Å². The molecule has 1 saturated heterocycles. The molecule has 0 aliphatic carbocycles. The van der Waals surface area contributed by atoms with Crippen LogP contribution in [0.25, 0.3) is 0 Å². The molecular weight excluding hydrogens is 231 g/mol. The minimum atomic E-state index is -4.46. The topological polar surface area (TPSA) is 49.2 Å². The second-order valence-corrected chi connectivity index (χ2v) is 4.16. The van der Waals surface area contributed by atoms with Crippen molar-refractivity contribution < 1.29 is 18.3 Å². The van der Waals surface area contributed by atoms with E-state index in [2.05, 4.69) is 10.2 Å². The van der Waals surface area contributed by atoms with Crippen LogP contribution < -0.4 is 4.90 Å². The zero-order valence-electron chi connectivity index (χ0n) is 7.53. The van der Waals surface area contributed by atoms with Crippen LogP contribution >= 0.6 is 11.3 Å². The third-order valence-electron chi connectivity index (χ3n) is 2.12. The maximum atomic E-state index is 12.2. The number of aliphatic hydroxyl groups is 1. The average molecular weight is 239 g/mol. The third-order valence-corrected chi connectivity index (χ3v) is 3.13. The van der Waals surface area contributed by atoms with Gasteiger partial charge in [-0.1, -0.05) is 11.3 Å². The predicted molar refractivity (Wildman–Crippen MR) is 47.5 cm³/mol. The van der Waals surface area contributed by atoms with Gasteiger partial charge in [0.15, 0.2) is 0 Å². The summed E-state index contributed by atoms with van der Waals surface area (Å²) >= 11 is 0.460. The Hall–Kier alpha value is -0.890. The highest BCUT2D eigenvalue weighted by atomic mass is 32.1. The fourth-order valence-corrected chi connectivity index (χ4v) is 2.20. The summed E-state index contributed by atoms with van der Waals surface area (Å²) in [7, 11) is 0. The van der Waals surface area contributed by atoms with Crippen molar-refractivity contribution in [2.75, 3.05) is 11.4 Å². The molecule has 1 aromatic rings. The van der Waals surface area contributed by atoms with Gasteiger partial charge >= 0.3 is 6.18 Å². The summed E-state index contributed by atoms with van der Waals surface area (Å²) in [6.07, 6.45) is -3.89. The molecule has 0 spiro atoms. The first-order valence-electron chi connectivity index (χ1n) is 4.34. The largest absolute Gasteiger partial charge is 0.445 e. The normalized spacial score (nSPS) is 22.4. The Bertz CT molecular complexity index is 353. The first-order chi connectivity index (χ1) is 6.98. The Morgan fingerprint density at radius 2 is 2.13 bits per heavy atom. The first-order valence-corrected chi connectivity index (χ1v) is 5.15. The van der Waals surface area contributed by atoms with Crippen LogP contribution in [0.3, 0.4) is 0 Å². The van der Waals surface area contributed by atoms with Crippen molar-refractivity contribution in [3.05, 3.63) is 5.01 Å². The van der Waals surface area contributed by atoms with Crippen LogP contribution in [-0.2, 0) is 6.18 Å². The number of aliphatic hydroxyl groups excluding tert-OH is 1. The van der Waals surface area contributed by atoms with Crippen molar-refractivity contribution in [1.29, 1.82) is 0 Å². The molecular formula is C7H8F3N3OS. The van der Waals surface area contributed by atoms with Gasteiger partial charge in [-0.05, 0) is 12.8 Å². The molecule has 0 saturated carbocycles. The number of hydrogen-bond acceptors (Lipinski definition) is 5. The Balaban J connectivity index is 2.20. The van der Waals surface area contributed by atoms with E-state index >= 15 is 0 Å². The number of nitrogens with zero attached hydrogens (tertiary/aromatic N) is 3. The van der Waals surface area contributed by atoms with Crippen molar-refractivity contribution in [3.8, 4) is 0 Å². The number of alkyl halides is 3. The minimum absolute atomic E-state index is 0.132. The summed E-state index contributed by atoms with van der Waals surface area (Å²) in [5.41, 5.74) is 0. The molecule has 15 heavy (non-hydrogen) atoms. The highest BCUT2D eigenvalue weighted by molar-refractivity contribution is 7.15. The molecule has 1 N–H and O–H groups in total. The lowest BCUT2D eigenvalue weighted by Gasteiger charge is -2.17. The fraction of sp³-hybridized carbons (Fsp3) is 0.714. The molecule has 1 unspecified atom stereocenters. The monoisotopic (exact) mass is 239 g/mol. The van der Waals surface area contributed by atoms with Gasteiger partial charge < -0.3 is 10.0 Å². The van der Waals surface area contributed by atoms with Crippen LogP contribution in [0.2, 0.25) is 0 Å². The standard InChI is InChI=1S/C7H8F3N3OS/c8-7(9,10)5-11-12-6(15-5)13-3-1-2-4(13)14/h4,14H,1-3H2. The lowest BCUT2D eigenvalue weighted by Crippen LogP contribution is -2.28. The molecule has 1 aromatic heterocycles. The van der Waals surface area contributed by atoms with Gasteiger partial charge in [0.2, 0.25) is 10.1 Å². The van der Waals surface area contributed by atoms with Crippen LogP contribution in [-0.4, -0.2) is 28.1 Å². The summed E-state index contributed by atoms with van der Waals surface area (Å²) < 4.78 is 36.6. The van der Waals surface area contributed by atoms with E-state index in [1.165, 1.54) is 4.90 Å². The molecule has 0 bridgehead atoms. The molecule has 2 rings (SSSR count). The Kier molecular flexibility index (Phi) is 2.55. The number of aromatic nitrogens is 2. The van der Waals surface area contributed by atoms with E-state index in [0.717, 1.165) is 6.42 Å². The number of hydrogen-bond donors (Lipinski definition) is 1. The number of rotatable bonds is 1. The molecule has 4 nitrogen and oxygen atoms in total. The molecule has 0 aromatic carbocycles. The van der Waals surface area contributed by atoms with Gasteiger partial charge in [-0.15, -0.1) is 10.2 Å². The highest BCUT2D eigenvalue weighted by Crippen LogP contribution is 2.35. The summed E-state index contributed by atoms with van der Waals surface area (Å²) in [6.45, 7) is 0.521. The van der Waals surface area contributed by atoms with Crippen LogP contribution in [0.15, 0.2) is 0 Å². The Labute approximate surface area is 87.3 Å². The molecule has 1 aliphatic rings. The molecule has 1 atom stereocenters. The molecule has 0 radical (unpaired) electrons. The minimum Gasteiger partial charge on any atom is -0.374 e. The molecule has 84 valence electrons. The Morgan fingerprint density at radius 1 is 1.40 bits per heavy atom. The van der Waals surface area contributed by atoms with E-state index in [1.54, 1.807) is 0 Å².